The Morgan fingerprint density at radius 1 is 1.21 bits per heavy atom. The molecule has 0 radical (unpaired) electrons. The summed E-state index contributed by atoms with van der Waals surface area (Å²) < 4.78 is 40.2. The smallest absolute Gasteiger partial charge is 0.406 e. The number of carbonyl (C=O) groups is 1. The second-order valence-electron chi connectivity index (χ2n) is 4.88. The van der Waals surface area contributed by atoms with Crippen LogP contribution in [-0.4, -0.2) is 12.1 Å². The van der Waals surface area contributed by atoms with E-state index in [2.05, 4.69) is 4.74 Å². The van der Waals surface area contributed by atoms with E-state index in [1.165, 1.54) is 12.1 Å². The standard InChI is InChI=1S/C14H15F3O2/c15-14(16,17)19-13-3-1-2-11(9-13)8-10-4-6-12(18)7-5-10/h1-3,9-10H,4-8H2. The largest absolute Gasteiger partial charge is 0.573 e. The van der Waals surface area contributed by atoms with Gasteiger partial charge in [-0.2, -0.15) is 0 Å². The number of ketones is 1. The number of halogens is 3. The highest BCUT2D eigenvalue weighted by atomic mass is 19.4. The van der Waals surface area contributed by atoms with Crippen LogP contribution in [0.25, 0.3) is 0 Å². The molecule has 0 atom stereocenters. The van der Waals surface area contributed by atoms with Crippen LogP contribution in [0.5, 0.6) is 5.75 Å². The zero-order valence-electron chi connectivity index (χ0n) is 10.4. The van der Waals surface area contributed by atoms with Crippen molar-refractivity contribution in [3.8, 4) is 5.75 Å². The average molecular weight is 272 g/mol. The Labute approximate surface area is 109 Å². The number of ether oxygens (including phenoxy) is 1. The molecule has 0 aliphatic heterocycles. The summed E-state index contributed by atoms with van der Waals surface area (Å²) in [4.78, 5) is 11.1. The Kier molecular flexibility index (Phi) is 4.12. The molecular weight excluding hydrogens is 257 g/mol. The van der Waals surface area contributed by atoms with Gasteiger partial charge >= 0.3 is 6.36 Å². The van der Waals surface area contributed by atoms with Crippen LogP contribution in [-0.2, 0) is 11.2 Å². The number of benzene rings is 1. The summed E-state index contributed by atoms with van der Waals surface area (Å²) in [5, 5.41) is 0. The van der Waals surface area contributed by atoms with Gasteiger partial charge in [0.15, 0.2) is 0 Å². The number of alkyl halides is 3. The summed E-state index contributed by atoms with van der Waals surface area (Å²) >= 11 is 0. The zero-order chi connectivity index (χ0) is 13.9. The molecule has 5 heteroatoms. The van der Waals surface area contributed by atoms with Crippen molar-refractivity contribution in [2.24, 2.45) is 5.92 Å². The summed E-state index contributed by atoms with van der Waals surface area (Å²) in [6.07, 6.45) is -1.14. The molecule has 0 amide bonds. The molecule has 1 aliphatic rings. The predicted octanol–water partition coefficient (Wildman–Crippen LogP) is 3.89. The normalized spacial score (nSPS) is 17.5. The van der Waals surface area contributed by atoms with Gasteiger partial charge in [0.2, 0.25) is 0 Å². The Balaban J connectivity index is 1.97. The minimum absolute atomic E-state index is 0.183. The third-order valence-electron chi connectivity index (χ3n) is 3.32. The number of hydrogen-bond acceptors (Lipinski definition) is 2. The molecule has 1 fully saturated rings. The van der Waals surface area contributed by atoms with Gasteiger partial charge in [-0.15, -0.1) is 13.2 Å². The molecular formula is C14H15F3O2. The molecule has 1 aromatic rings. The predicted molar refractivity (Wildman–Crippen MR) is 63.8 cm³/mol. The van der Waals surface area contributed by atoms with Crippen LogP contribution in [0, 0.1) is 5.92 Å². The first-order valence-corrected chi connectivity index (χ1v) is 6.29. The van der Waals surface area contributed by atoms with Crippen molar-refractivity contribution in [2.45, 2.75) is 38.5 Å². The number of carbonyl (C=O) groups excluding carboxylic acids is 1. The Hall–Kier alpha value is -1.52. The van der Waals surface area contributed by atoms with Crippen LogP contribution in [0.1, 0.15) is 31.2 Å². The molecule has 19 heavy (non-hydrogen) atoms. The van der Waals surface area contributed by atoms with Gasteiger partial charge in [-0.3, -0.25) is 4.79 Å². The van der Waals surface area contributed by atoms with E-state index in [1.807, 2.05) is 0 Å². The minimum atomic E-state index is -4.66. The van der Waals surface area contributed by atoms with Crippen molar-refractivity contribution >= 4 is 5.78 Å². The van der Waals surface area contributed by atoms with Gasteiger partial charge in [-0.05, 0) is 42.9 Å². The fraction of sp³-hybridized carbons (Fsp3) is 0.500. The van der Waals surface area contributed by atoms with Crippen LogP contribution in [0.3, 0.4) is 0 Å². The maximum atomic E-state index is 12.1. The Morgan fingerprint density at radius 2 is 1.89 bits per heavy atom. The van der Waals surface area contributed by atoms with Gasteiger partial charge in [0.1, 0.15) is 11.5 Å². The molecule has 0 saturated heterocycles. The maximum absolute atomic E-state index is 12.1. The molecule has 2 rings (SSSR count). The van der Waals surface area contributed by atoms with E-state index < -0.39 is 6.36 Å². The third kappa shape index (κ3) is 4.58. The summed E-state index contributed by atoms with van der Waals surface area (Å²) in [5.41, 5.74) is 0.820. The first-order chi connectivity index (χ1) is 8.92. The lowest BCUT2D eigenvalue weighted by Crippen LogP contribution is -2.18. The molecule has 1 saturated carbocycles. The molecule has 0 unspecified atom stereocenters. The summed E-state index contributed by atoms with van der Waals surface area (Å²) in [6, 6.07) is 6.06. The molecule has 0 heterocycles. The van der Waals surface area contributed by atoms with E-state index >= 15 is 0 Å². The third-order valence-corrected chi connectivity index (χ3v) is 3.32. The van der Waals surface area contributed by atoms with Gasteiger partial charge in [0.05, 0.1) is 0 Å². The first kappa shape index (κ1) is 13.9. The van der Waals surface area contributed by atoms with E-state index in [9.17, 15) is 18.0 Å². The second kappa shape index (κ2) is 5.63. The molecule has 0 spiro atoms. The molecule has 0 aromatic heterocycles. The first-order valence-electron chi connectivity index (χ1n) is 6.29. The number of rotatable bonds is 3. The van der Waals surface area contributed by atoms with Crippen molar-refractivity contribution in [2.75, 3.05) is 0 Å². The molecule has 2 nitrogen and oxygen atoms in total. The topological polar surface area (TPSA) is 26.3 Å². The van der Waals surface area contributed by atoms with Crippen molar-refractivity contribution < 1.29 is 22.7 Å². The van der Waals surface area contributed by atoms with Crippen LogP contribution in [0.15, 0.2) is 24.3 Å². The fourth-order valence-electron chi connectivity index (χ4n) is 2.41. The highest BCUT2D eigenvalue weighted by Gasteiger charge is 2.31. The van der Waals surface area contributed by atoms with E-state index in [-0.39, 0.29) is 11.5 Å². The van der Waals surface area contributed by atoms with Crippen LogP contribution in [0.2, 0.25) is 0 Å². The lowest BCUT2D eigenvalue weighted by atomic mass is 9.84. The fourth-order valence-corrected chi connectivity index (χ4v) is 2.41. The zero-order valence-corrected chi connectivity index (χ0v) is 10.4. The van der Waals surface area contributed by atoms with Gasteiger partial charge in [-0.1, -0.05) is 12.1 Å². The Morgan fingerprint density at radius 3 is 2.53 bits per heavy atom. The minimum Gasteiger partial charge on any atom is -0.406 e. The van der Waals surface area contributed by atoms with Crippen LogP contribution in [0.4, 0.5) is 13.2 Å². The van der Waals surface area contributed by atoms with Crippen LogP contribution >= 0.6 is 0 Å². The maximum Gasteiger partial charge on any atom is 0.573 e. The van der Waals surface area contributed by atoms with Crippen molar-refractivity contribution in [3.63, 3.8) is 0 Å². The van der Waals surface area contributed by atoms with Crippen LogP contribution < -0.4 is 4.74 Å². The molecule has 0 bridgehead atoms. The molecule has 0 N–H and O–H groups in total. The highest BCUT2D eigenvalue weighted by molar-refractivity contribution is 5.79. The average Bonchev–Trinajstić information content (AvgIpc) is 2.30. The number of hydrogen-bond donors (Lipinski definition) is 0. The van der Waals surface area contributed by atoms with Gasteiger partial charge < -0.3 is 4.74 Å². The summed E-state index contributed by atoms with van der Waals surface area (Å²) in [5.74, 6) is 0.473. The lowest BCUT2D eigenvalue weighted by molar-refractivity contribution is -0.274. The van der Waals surface area contributed by atoms with Gasteiger partial charge in [-0.25, -0.2) is 0 Å². The summed E-state index contributed by atoms with van der Waals surface area (Å²) in [7, 11) is 0. The lowest BCUT2D eigenvalue weighted by Gasteiger charge is -2.21. The highest BCUT2D eigenvalue weighted by Crippen LogP contribution is 2.28. The Bertz CT molecular complexity index is 444. The van der Waals surface area contributed by atoms with Gasteiger partial charge in [0, 0.05) is 12.8 Å². The number of Topliss-reactive ketones (excluding diaryl/α,β-unsaturated/α-hetero) is 1. The van der Waals surface area contributed by atoms with Crippen molar-refractivity contribution in [1.29, 1.82) is 0 Å². The monoisotopic (exact) mass is 272 g/mol. The second-order valence-corrected chi connectivity index (χ2v) is 4.88. The van der Waals surface area contributed by atoms with Crippen molar-refractivity contribution in [3.05, 3.63) is 29.8 Å². The van der Waals surface area contributed by atoms with E-state index in [0.717, 1.165) is 18.4 Å². The molecule has 104 valence electrons. The van der Waals surface area contributed by atoms with E-state index in [1.54, 1.807) is 12.1 Å². The van der Waals surface area contributed by atoms with Crippen molar-refractivity contribution in [1.82, 2.24) is 0 Å². The van der Waals surface area contributed by atoms with E-state index in [0.29, 0.717) is 25.2 Å². The SMILES string of the molecule is O=C1CCC(Cc2cccc(OC(F)(F)F)c2)CC1. The molecule has 1 aromatic carbocycles. The quantitative estimate of drug-likeness (QED) is 0.834. The molecule has 1 aliphatic carbocycles. The summed E-state index contributed by atoms with van der Waals surface area (Å²) in [6.45, 7) is 0. The van der Waals surface area contributed by atoms with Gasteiger partial charge in [0.25, 0.3) is 0 Å². The van der Waals surface area contributed by atoms with E-state index in [4.69, 9.17) is 0 Å².